The zero-order valence-corrected chi connectivity index (χ0v) is 15.1. The molecule has 0 aromatic rings. The highest BCUT2D eigenvalue weighted by molar-refractivity contribution is 7.81. The standard InChI is InChI=1S/C17H36S/c1-10-13(2)11-12-15(4,5)17(8,9)16(6,7)14(3)18/h13-14,18H,10-12H2,1-9H3. The summed E-state index contributed by atoms with van der Waals surface area (Å²) < 4.78 is 0. The van der Waals surface area contributed by atoms with E-state index in [1.165, 1.54) is 19.3 Å². The van der Waals surface area contributed by atoms with Gasteiger partial charge >= 0.3 is 0 Å². The largest absolute Gasteiger partial charge is 0.176 e. The Morgan fingerprint density at radius 1 is 0.944 bits per heavy atom. The summed E-state index contributed by atoms with van der Waals surface area (Å²) in [4.78, 5) is 0. The normalized spacial score (nSPS) is 17.7. The molecule has 1 heteroatoms. The fraction of sp³-hybridized carbons (Fsp3) is 1.00. The van der Waals surface area contributed by atoms with Crippen molar-refractivity contribution >= 4 is 12.6 Å². The molecule has 0 fully saturated rings. The van der Waals surface area contributed by atoms with E-state index >= 15 is 0 Å². The number of hydrogen-bond acceptors (Lipinski definition) is 1. The molecule has 0 aliphatic heterocycles. The Morgan fingerprint density at radius 3 is 1.72 bits per heavy atom. The molecule has 0 heterocycles. The molecule has 0 bridgehead atoms. The molecule has 0 aromatic carbocycles. The van der Waals surface area contributed by atoms with Gasteiger partial charge in [0.25, 0.3) is 0 Å². The first-order chi connectivity index (χ1) is 7.90. The first-order valence-electron chi connectivity index (χ1n) is 7.58. The fourth-order valence-corrected chi connectivity index (χ4v) is 2.84. The van der Waals surface area contributed by atoms with E-state index in [1.807, 2.05) is 0 Å². The molecule has 0 aromatic heterocycles. The summed E-state index contributed by atoms with van der Waals surface area (Å²) >= 11 is 4.73. The monoisotopic (exact) mass is 272 g/mol. The van der Waals surface area contributed by atoms with E-state index in [4.69, 9.17) is 12.6 Å². The van der Waals surface area contributed by atoms with E-state index in [1.54, 1.807) is 0 Å². The second-order valence-corrected chi connectivity index (χ2v) is 8.73. The highest BCUT2D eigenvalue weighted by Gasteiger charge is 2.49. The van der Waals surface area contributed by atoms with Gasteiger partial charge in [0, 0.05) is 5.25 Å². The lowest BCUT2D eigenvalue weighted by Gasteiger charge is -2.54. The zero-order valence-electron chi connectivity index (χ0n) is 14.2. The maximum Gasteiger partial charge on any atom is 0.00449 e. The van der Waals surface area contributed by atoms with E-state index in [0.29, 0.717) is 10.7 Å². The van der Waals surface area contributed by atoms with Gasteiger partial charge in [-0.05, 0) is 28.6 Å². The molecule has 18 heavy (non-hydrogen) atoms. The van der Waals surface area contributed by atoms with Gasteiger partial charge in [0.15, 0.2) is 0 Å². The van der Waals surface area contributed by atoms with E-state index in [-0.39, 0.29) is 10.8 Å². The van der Waals surface area contributed by atoms with Crippen molar-refractivity contribution in [1.29, 1.82) is 0 Å². The van der Waals surface area contributed by atoms with Gasteiger partial charge in [0.1, 0.15) is 0 Å². The average molecular weight is 273 g/mol. The van der Waals surface area contributed by atoms with E-state index < -0.39 is 0 Å². The Bertz CT molecular complexity index is 248. The summed E-state index contributed by atoms with van der Waals surface area (Å²) in [5.74, 6) is 0.844. The van der Waals surface area contributed by atoms with Crippen LogP contribution in [0.5, 0.6) is 0 Å². The van der Waals surface area contributed by atoms with Gasteiger partial charge in [-0.3, -0.25) is 0 Å². The van der Waals surface area contributed by atoms with Gasteiger partial charge in [-0.25, -0.2) is 0 Å². The molecule has 0 aliphatic rings. The molecule has 0 spiro atoms. The Labute approximate surface area is 122 Å². The third-order valence-electron chi connectivity index (χ3n) is 6.31. The van der Waals surface area contributed by atoms with Crippen molar-refractivity contribution in [3.8, 4) is 0 Å². The Kier molecular flexibility index (Phi) is 6.32. The third kappa shape index (κ3) is 3.68. The maximum absolute atomic E-state index is 4.73. The first kappa shape index (κ1) is 18.4. The van der Waals surface area contributed by atoms with Gasteiger partial charge < -0.3 is 0 Å². The Hall–Kier alpha value is 0.350. The zero-order chi connectivity index (χ0) is 14.8. The Balaban J connectivity index is 4.96. The maximum atomic E-state index is 4.73. The molecule has 2 atom stereocenters. The second kappa shape index (κ2) is 6.20. The summed E-state index contributed by atoms with van der Waals surface area (Å²) in [6.07, 6.45) is 3.94. The third-order valence-corrected chi connectivity index (χ3v) is 6.95. The number of thiol groups is 1. The van der Waals surface area contributed by atoms with Gasteiger partial charge in [-0.1, -0.05) is 75.2 Å². The van der Waals surface area contributed by atoms with Crippen LogP contribution >= 0.6 is 12.6 Å². The molecule has 0 radical (unpaired) electrons. The van der Waals surface area contributed by atoms with Crippen LogP contribution < -0.4 is 0 Å². The molecule has 0 N–H and O–H groups in total. The highest BCUT2D eigenvalue weighted by atomic mass is 32.1. The van der Waals surface area contributed by atoms with Crippen molar-refractivity contribution < 1.29 is 0 Å². The topological polar surface area (TPSA) is 0 Å². The van der Waals surface area contributed by atoms with Crippen molar-refractivity contribution in [3.05, 3.63) is 0 Å². The van der Waals surface area contributed by atoms with Crippen LogP contribution in [-0.4, -0.2) is 5.25 Å². The quantitative estimate of drug-likeness (QED) is 0.523. The summed E-state index contributed by atoms with van der Waals surface area (Å²) in [5, 5.41) is 0.412. The molecule has 2 unspecified atom stereocenters. The molecular formula is C17H36S. The van der Waals surface area contributed by atoms with Crippen LogP contribution in [0.15, 0.2) is 0 Å². The van der Waals surface area contributed by atoms with Crippen LogP contribution in [0.1, 0.15) is 81.6 Å². The van der Waals surface area contributed by atoms with Gasteiger partial charge in [-0.15, -0.1) is 0 Å². The van der Waals surface area contributed by atoms with E-state index in [2.05, 4.69) is 62.3 Å². The Morgan fingerprint density at radius 2 is 1.39 bits per heavy atom. The van der Waals surface area contributed by atoms with Crippen LogP contribution in [0, 0.1) is 22.2 Å². The molecule has 0 saturated heterocycles. The minimum absolute atomic E-state index is 0.231. The predicted molar refractivity (Wildman–Crippen MR) is 88.5 cm³/mol. The molecule has 0 nitrogen and oxygen atoms in total. The molecular weight excluding hydrogens is 236 g/mol. The smallest absolute Gasteiger partial charge is 0.00449 e. The summed E-state index contributed by atoms with van der Waals surface area (Å²) in [6, 6.07) is 0. The van der Waals surface area contributed by atoms with Crippen LogP contribution in [0.4, 0.5) is 0 Å². The molecule has 0 amide bonds. The fourth-order valence-electron chi connectivity index (χ4n) is 2.52. The predicted octanol–water partition coefficient (Wildman–Crippen LogP) is 6.21. The average Bonchev–Trinajstić information content (AvgIpc) is 2.25. The lowest BCUT2D eigenvalue weighted by Crippen LogP contribution is -2.48. The minimum atomic E-state index is 0.231. The number of hydrogen-bond donors (Lipinski definition) is 1. The lowest BCUT2D eigenvalue weighted by atomic mass is 9.52. The SMILES string of the molecule is CCC(C)CCC(C)(C)C(C)(C)C(C)(C)C(C)S. The van der Waals surface area contributed by atoms with E-state index in [9.17, 15) is 0 Å². The molecule has 0 aliphatic carbocycles. The first-order valence-corrected chi connectivity index (χ1v) is 8.10. The van der Waals surface area contributed by atoms with Crippen LogP contribution in [0.2, 0.25) is 0 Å². The van der Waals surface area contributed by atoms with Crippen LogP contribution in [0.25, 0.3) is 0 Å². The van der Waals surface area contributed by atoms with Crippen LogP contribution in [0.3, 0.4) is 0 Å². The molecule has 0 saturated carbocycles. The van der Waals surface area contributed by atoms with Crippen molar-refractivity contribution in [3.63, 3.8) is 0 Å². The van der Waals surface area contributed by atoms with Gasteiger partial charge in [0.2, 0.25) is 0 Å². The number of rotatable bonds is 7. The minimum Gasteiger partial charge on any atom is -0.176 e. The van der Waals surface area contributed by atoms with Crippen molar-refractivity contribution in [2.24, 2.45) is 22.2 Å². The van der Waals surface area contributed by atoms with Crippen molar-refractivity contribution in [2.45, 2.75) is 86.8 Å². The summed E-state index contributed by atoms with van der Waals surface area (Å²) in [6.45, 7) is 21.4. The van der Waals surface area contributed by atoms with Crippen molar-refractivity contribution in [2.75, 3.05) is 0 Å². The van der Waals surface area contributed by atoms with Crippen LogP contribution in [-0.2, 0) is 0 Å². The van der Waals surface area contributed by atoms with Gasteiger partial charge in [0.05, 0.1) is 0 Å². The van der Waals surface area contributed by atoms with E-state index in [0.717, 1.165) is 5.92 Å². The lowest BCUT2D eigenvalue weighted by molar-refractivity contribution is -0.0265. The summed E-state index contributed by atoms with van der Waals surface area (Å²) in [7, 11) is 0. The van der Waals surface area contributed by atoms with Crippen molar-refractivity contribution in [1.82, 2.24) is 0 Å². The molecule has 110 valence electrons. The van der Waals surface area contributed by atoms with Gasteiger partial charge in [-0.2, -0.15) is 12.6 Å². The molecule has 0 rings (SSSR count). The summed E-state index contributed by atoms with van der Waals surface area (Å²) in [5.41, 5.74) is 0.848. The second-order valence-electron chi connectivity index (χ2n) is 7.96. The highest BCUT2D eigenvalue weighted by Crippen LogP contribution is 2.56.